The van der Waals surface area contributed by atoms with Crippen molar-refractivity contribution in [3.8, 4) is 0 Å². The van der Waals surface area contributed by atoms with Gasteiger partial charge in [0.05, 0.1) is 5.25 Å². The second-order valence-electron chi connectivity index (χ2n) is 7.75. The molecule has 1 aliphatic carbocycles. The average molecular weight is 375 g/mol. The quantitative estimate of drug-likeness (QED) is 0.788. The van der Waals surface area contributed by atoms with Crippen LogP contribution in [-0.4, -0.2) is 36.4 Å². The summed E-state index contributed by atoms with van der Waals surface area (Å²) in [5.41, 5.74) is 0.609. The summed E-state index contributed by atoms with van der Waals surface area (Å²) in [4.78, 5) is 27.0. The Morgan fingerprint density at radius 2 is 2.00 bits per heavy atom. The lowest BCUT2D eigenvalue weighted by Crippen LogP contribution is -2.48. The standard InChI is InChI=1S/C19H26N4O2S/c1-13(26-18-21-20-17(25)23(18)15-10-11-15)16(24)22(19(2,3)4)12-14-8-6-5-7-9-14/h5-9,13,15H,10-12H2,1-4H3,(H,20,25)/t13-/m1/s1. The molecule has 0 spiro atoms. The number of benzene rings is 1. The van der Waals surface area contributed by atoms with E-state index in [2.05, 4.69) is 10.2 Å². The van der Waals surface area contributed by atoms with Crippen LogP contribution in [0.15, 0.2) is 40.3 Å². The fourth-order valence-corrected chi connectivity index (χ4v) is 3.86. The van der Waals surface area contributed by atoms with Gasteiger partial charge in [0.15, 0.2) is 5.16 Å². The molecule has 1 fully saturated rings. The van der Waals surface area contributed by atoms with Gasteiger partial charge >= 0.3 is 5.69 Å². The minimum atomic E-state index is -0.328. The molecule has 1 atom stereocenters. The Morgan fingerprint density at radius 3 is 2.58 bits per heavy atom. The molecule has 0 bridgehead atoms. The molecule has 1 amide bonds. The van der Waals surface area contributed by atoms with Gasteiger partial charge in [0, 0.05) is 18.1 Å². The van der Waals surface area contributed by atoms with Crippen molar-refractivity contribution in [1.82, 2.24) is 19.7 Å². The molecule has 1 N–H and O–H groups in total. The van der Waals surface area contributed by atoms with Crippen LogP contribution in [0.3, 0.4) is 0 Å². The van der Waals surface area contributed by atoms with Gasteiger partial charge in [-0.05, 0) is 46.1 Å². The highest BCUT2D eigenvalue weighted by Crippen LogP contribution is 2.37. The van der Waals surface area contributed by atoms with Crippen molar-refractivity contribution in [2.24, 2.45) is 0 Å². The molecule has 7 heteroatoms. The van der Waals surface area contributed by atoms with Crippen molar-refractivity contribution < 1.29 is 4.79 Å². The van der Waals surface area contributed by atoms with Crippen LogP contribution in [0.1, 0.15) is 52.1 Å². The molecular weight excluding hydrogens is 348 g/mol. The second kappa shape index (κ2) is 7.31. The van der Waals surface area contributed by atoms with E-state index in [1.165, 1.54) is 11.8 Å². The zero-order valence-electron chi connectivity index (χ0n) is 15.7. The van der Waals surface area contributed by atoms with Gasteiger partial charge in [-0.2, -0.15) is 0 Å². The summed E-state index contributed by atoms with van der Waals surface area (Å²) in [5.74, 6) is 0.0455. The molecule has 0 aliphatic heterocycles. The van der Waals surface area contributed by atoms with Crippen molar-refractivity contribution in [3.05, 3.63) is 46.4 Å². The third kappa shape index (κ3) is 4.20. The minimum absolute atomic E-state index is 0.0455. The summed E-state index contributed by atoms with van der Waals surface area (Å²) in [6.45, 7) is 8.57. The van der Waals surface area contributed by atoms with E-state index >= 15 is 0 Å². The Labute approximate surface area is 158 Å². The van der Waals surface area contributed by atoms with E-state index in [1.807, 2.05) is 62.9 Å². The second-order valence-corrected chi connectivity index (χ2v) is 9.06. The summed E-state index contributed by atoms with van der Waals surface area (Å²) in [5, 5.41) is 6.91. The van der Waals surface area contributed by atoms with Crippen LogP contribution in [0.2, 0.25) is 0 Å². The van der Waals surface area contributed by atoms with Crippen molar-refractivity contribution in [3.63, 3.8) is 0 Å². The zero-order chi connectivity index (χ0) is 18.9. The highest BCUT2D eigenvalue weighted by atomic mass is 32.2. The number of carbonyl (C=O) groups excluding carboxylic acids is 1. The lowest BCUT2D eigenvalue weighted by Gasteiger charge is -2.37. The van der Waals surface area contributed by atoms with E-state index in [-0.39, 0.29) is 28.4 Å². The van der Waals surface area contributed by atoms with E-state index in [4.69, 9.17) is 0 Å². The van der Waals surface area contributed by atoms with Crippen LogP contribution in [0, 0.1) is 0 Å². The third-order valence-electron chi connectivity index (χ3n) is 4.47. The van der Waals surface area contributed by atoms with Gasteiger partial charge in [-0.3, -0.25) is 9.36 Å². The van der Waals surface area contributed by atoms with E-state index in [0.717, 1.165) is 18.4 Å². The SMILES string of the molecule is C[C@@H](Sc1n[nH]c(=O)n1C1CC1)C(=O)N(Cc1ccccc1)C(C)(C)C. The van der Waals surface area contributed by atoms with Crippen molar-refractivity contribution in [1.29, 1.82) is 0 Å². The average Bonchev–Trinajstić information content (AvgIpc) is 3.36. The Bertz CT molecular complexity index is 818. The first-order valence-electron chi connectivity index (χ1n) is 8.96. The van der Waals surface area contributed by atoms with E-state index < -0.39 is 0 Å². The van der Waals surface area contributed by atoms with Gasteiger partial charge in [0.25, 0.3) is 0 Å². The van der Waals surface area contributed by atoms with E-state index in [0.29, 0.717) is 11.7 Å². The molecule has 1 heterocycles. The fourth-order valence-electron chi connectivity index (χ4n) is 2.87. The number of carbonyl (C=O) groups is 1. The Kier molecular flexibility index (Phi) is 5.27. The van der Waals surface area contributed by atoms with Gasteiger partial charge in [0.2, 0.25) is 5.91 Å². The largest absolute Gasteiger partial charge is 0.344 e. The number of rotatable bonds is 6. The molecule has 0 unspecified atom stereocenters. The summed E-state index contributed by atoms with van der Waals surface area (Å²) < 4.78 is 1.69. The lowest BCUT2D eigenvalue weighted by molar-refractivity contribution is -0.135. The van der Waals surface area contributed by atoms with Gasteiger partial charge in [-0.1, -0.05) is 42.1 Å². The maximum absolute atomic E-state index is 13.2. The van der Waals surface area contributed by atoms with Crippen molar-refractivity contribution in [2.45, 2.75) is 69.1 Å². The lowest BCUT2D eigenvalue weighted by atomic mass is 10.0. The summed E-state index contributed by atoms with van der Waals surface area (Å²) in [7, 11) is 0. The minimum Gasteiger partial charge on any atom is -0.333 e. The fraction of sp³-hybridized carbons (Fsp3) is 0.526. The molecule has 140 valence electrons. The number of hydrogen-bond donors (Lipinski definition) is 1. The number of aromatic nitrogens is 3. The molecule has 2 aromatic rings. The third-order valence-corrected chi connectivity index (χ3v) is 5.53. The highest BCUT2D eigenvalue weighted by molar-refractivity contribution is 8.00. The van der Waals surface area contributed by atoms with Crippen molar-refractivity contribution >= 4 is 17.7 Å². The highest BCUT2D eigenvalue weighted by Gasteiger charge is 2.33. The van der Waals surface area contributed by atoms with Crippen LogP contribution < -0.4 is 5.69 Å². The molecule has 0 radical (unpaired) electrons. The summed E-state index contributed by atoms with van der Waals surface area (Å²) in [6.07, 6.45) is 1.99. The predicted molar refractivity (Wildman–Crippen MR) is 103 cm³/mol. The Balaban J connectivity index is 1.77. The predicted octanol–water partition coefficient (Wildman–Crippen LogP) is 3.21. The van der Waals surface area contributed by atoms with Gasteiger partial charge < -0.3 is 4.90 Å². The molecule has 1 aromatic heterocycles. The van der Waals surface area contributed by atoms with E-state index in [9.17, 15) is 9.59 Å². The van der Waals surface area contributed by atoms with Gasteiger partial charge in [-0.25, -0.2) is 9.89 Å². The molecule has 26 heavy (non-hydrogen) atoms. The van der Waals surface area contributed by atoms with Crippen molar-refractivity contribution in [2.75, 3.05) is 0 Å². The number of thioether (sulfide) groups is 1. The molecule has 1 saturated carbocycles. The van der Waals surface area contributed by atoms with Crippen LogP contribution in [0.5, 0.6) is 0 Å². The van der Waals surface area contributed by atoms with E-state index in [1.54, 1.807) is 4.57 Å². The zero-order valence-corrected chi connectivity index (χ0v) is 16.5. The van der Waals surface area contributed by atoms with Gasteiger partial charge in [-0.15, -0.1) is 5.10 Å². The number of H-pyrrole nitrogens is 1. The van der Waals surface area contributed by atoms with Crippen LogP contribution in [0.4, 0.5) is 0 Å². The number of hydrogen-bond acceptors (Lipinski definition) is 4. The first-order valence-corrected chi connectivity index (χ1v) is 9.84. The molecule has 0 saturated heterocycles. The van der Waals surface area contributed by atoms with Gasteiger partial charge in [0.1, 0.15) is 0 Å². The number of nitrogens with one attached hydrogen (secondary N) is 1. The number of nitrogens with zero attached hydrogens (tertiary/aromatic N) is 3. The molecule has 3 rings (SSSR count). The normalized spacial score (nSPS) is 15.7. The van der Waals surface area contributed by atoms with Crippen LogP contribution in [-0.2, 0) is 11.3 Å². The number of amides is 1. The molecular formula is C19H26N4O2S. The summed E-state index contributed by atoms with van der Waals surface area (Å²) >= 11 is 1.35. The monoisotopic (exact) mass is 374 g/mol. The first-order chi connectivity index (χ1) is 12.3. The molecule has 6 nitrogen and oxygen atoms in total. The molecule has 1 aliphatic rings. The smallest absolute Gasteiger partial charge is 0.333 e. The number of aromatic amines is 1. The summed E-state index contributed by atoms with van der Waals surface area (Å²) in [6, 6.07) is 10.2. The van der Waals surface area contributed by atoms with Crippen LogP contribution >= 0.6 is 11.8 Å². The Morgan fingerprint density at radius 1 is 1.35 bits per heavy atom. The molecule has 1 aromatic carbocycles. The topological polar surface area (TPSA) is 71.0 Å². The first kappa shape index (κ1) is 18.8. The maximum atomic E-state index is 13.2. The maximum Gasteiger partial charge on any atom is 0.344 e. The Hall–Kier alpha value is -2.02. The van der Waals surface area contributed by atoms with Crippen LogP contribution in [0.25, 0.3) is 0 Å².